The van der Waals surface area contributed by atoms with Gasteiger partial charge in [-0.1, -0.05) is 12.1 Å². The molecule has 1 N–H and O–H groups in total. The summed E-state index contributed by atoms with van der Waals surface area (Å²) in [6.45, 7) is 2.07. The molecular formula is C14H15FN2O4. The number of hydrogen-bond acceptors (Lipinski definition) is 4. The number of hydrogen-bond donors (Lipinski definition) is 1. The molecule has 1 fully saturated rings. The van der Waals surface area contributed by atoms with Crippen LogP contribution in [0, 0.1) is 5.82 Å². The van der Waals surface area contributed by atoms with Crippen molar-refractivity contribution < 1.29 is 23.9 Å². The largest absolute Gasteiger partial charge is 0.480 e. The summed E-state index contributed by atoms with van der Waals surface area (Å²) < 4.78 is 13.7. The van der Waals surface area contributed by atoms with E-state index in [1.54, 1.807) is 6.07 Å². The van der Waals surface area contributed by atoms with Gasteiger partial charge in [0.05, 0.1) is 18.8 Å². The summed E-state index contributed by atoms with van der Waals surface area (Å²) in [5.74, 6) is -3.14. The van der Waals surface area contributed by atoms with Crippen molar-refractivity contribution in [2.45, 2.75) is 19.4 Å². The van der Waals surface area contributed by atoms with Gasteiger partial charge in [0.15, 0.2) is 0 Å². The van der Waals surface area contributed by atoms with E-state index in [1.165, 1.54) is 36.9 Å². The molecule has 1 aliphatic heterocycles. The Labute approximate surface area is 120 Å². The van der Waals surface area contributed by atoms with Gasteiger partial charge < -0.3 is 10.0 Å². The number of para-hydroxylation sites is 1. The number of carbonyl (C=O) groups is 3. The molecule has 21 heavy (non-hydrogen) atoms. The lowest BCUT2D eigenvalue weighted by Gasteiger charge is -2.40. The zero-order valence-corrected chi connectivity index (χ0v) is 11.7. The predicted octanol–water partition coefficient (Wildman–Crippen LogP) is 0.864. The summed E-state index contributed by atoms with van der Waals surface area (Å²) in [7, 11) is 0. The fraction of sp³-hybridized carbons (Fsp3) is 0.357. The van der Waals surface area contributed by atoms with E-state index in [4.69, 9.17) is 5.11 Å². The summed E-state index contributed by atoms with van der Waals surface area (Å²) in [5, 5.41) is 9.14. The van der Waals surface area contributed by atoms with Crippen molar-refractivity contribution in [3.05, 3.63) is 30.1 Å². The van der Waals surface area contributed by atoms with Crippen LogP contribution >= 0.6 is 0 Å². The zero-order chi connectivity index (χ0) is 15.8. The lowest BCUT2D eigenvalue weighted by Crippen LogP contribution is -2.63. The topological polar surface area (TPSA) is 77.9 Å². The van der Waals surface area contributed by atoms with Crippen LogP contribution in [-0.4, -0.2) is 46.4 Å². The molecule has 6 nitrogen and oxygen atoms in total. The normalized spacial score (nSPS) is 16.3. The molecule has 112 valence electrons. The highest BCUT2D eigenvalue weighted by Gasteiger charge is 2.45. The minimum Gasteiger partial charge on any atom is -0.480 e. The Morgan fingerprint density at radius 1 is 1.19 bits per heavy atom. The van der Waals surface area contributed by atoms with Gasteiger partial charge in [-0.25, -0.2) is 9.18 Å². The first-order chi connectivity index (χ1) is 9.75. The number of carboxylic acids is 1. The SMILES string of the molecule is CC(C)(C(=O)O)N1C(=O)CN(c2ccccc2F)CC1=O. The van der Waals surface area contributed by atoms with Gasteiger partial charge >= 0.3 is 5.97 Å². The number of benzene rings is 1. The van der Waals surface area contributed by atoms with Crippen molar-refractivity contribution in [1.82, 2.24) is 4.90 Å². The van der Waals surface area contributed by atoms with Gasteiger partial charge in [0.1, 0.15) is 11.4 Å². The smallest absolute Gasteiger partial charge is 0.329 e. The van der Waals surface area contributed by atoms with Gasteiger partial charge in [-0.15, -0.1) is 0 Å². The summed E-state index contributed by atoms with van der Waals surface area (Å²) in [6, 6.07) is 5.80. The molecular weight excluding hydrogens is 279 g/mol. The summed E-state index contributed by atoms with van der Waals surface area (Å²) in [6.07, 6.45) is 0. The standard InChI is InChI=1S/C14H15FN2O4/c1-14(2,13(20)21)17-11(18)7-16(8-12(17)19)10-6-4-3-5-9(10)15/h3-6H,7-8H2,1-2H3,(H,20,21). The van der Waals surface area contributed by atoms with Crippen LogP contribution in [-0.2, 0) is 14.4 Å². The predicted molar refractivity (Wildman–Crippen MR) is 72.2 cm³/mol. The number of halogens is 1. The van der Waals surface area contributed by atoms with E-state index in [2.05, 4.69) is 0 Å². The van der Waals surface area contributed by atoms with E-state index in [9.17, 15) is 18.8 Å². The van der Waals surface area contributed by atoms with E-state index in [1.807, 2.05) is 0 Å². The molecule has 0 bridgehead atoms. The fourth-order valence-corrected chi connectivity index (χ4v) is 2.26. The van der Waals surface area contributed by atoms with Gasteiger partial charge in [-0.3, -0.25) is 14.5 Å². The lowest BCUT2D eigenvalue weighted by atomic mass is 10.0. The third kappa shape index (κ3) is 2.58. The van der Waals surface area contributed by atoms with E-state index in [-0.39, 0.29) is 18.8 Å². The number of nitrogens with zero attached hydrogens (tertiary/aromatic N) is 2. The van der Waals surface area contributed by atoms with E-state index in [0.717, 1.165) is 4.90 Å². The highest BCUT2D eigenvalue weighted by molar-refractivity contribution is 6.06. The number of anilines is 1. The van der Waals surface area contributed by atoms with Crippen LogP contribution in [0.1, 0.15) is 13.8 Å². The molecule has 1 aromatic carbocycles. The molecule has 0 unspecified atom stereocenters. The summed E-state index contributed by atoms with van der Waals surface area (Å²) in [4.78, 5) is 37.5. The molecule has 1 heterocycles. The van der Waals surface area contributed by atoms with Crippen molar-refractivity contribution >= 4 is 23.5 Å². The van der Waals surface area contributed by atoms with E-state index < -0.39 is 29.1 Å². The average Bonchev–Trinajstić information content (AvgIpc) is 2.37. The Kier molecular flexibility index (Phi) is 3.67. The molecule has 0 aromatic heterocycles. The third-order valence-electron chi connectivity index (χ3n) is 3.43. The molecule has 0 saturated carbocycles. The quantitative estimate of drug-likeness (QED) is 0.837. The second-order valence-corrected chi connectivity index (χ2v) is 5.29. The number of carbonyl (C=O) groups excluding carboxylic acids is 2. The Morgan fingerprint density at radius 2 is 1.71 bits per heavy atom. The second kappa shape index (κ2) is 5.16. The molecule has 1 aliphatic rings. The Hall–Kier alpha value is -2.44. The van der Waals surface area contributed by atoms with Gasteiger partial charge in [0.2, 0.25) is 11.8 Å². The molecule has 0 atom stereocenters. The highest BCUT2D eigenvalue weighted by Crippen LogP contribution is 2.24. The zero-order valence-electron chi connectivity index (χ0n) is 11.7. The van der Waals surface area contributed by atoms with Crippen LogP contribution in [0.25, 0.3) is 0 Å². The van der Waals surface area contributed by atoms with Crippen LogP contribution < -0.4 is 4.90 Å². The van der Waals surface area contributed by atoms with Crippen molar-refractivity contribution in [2.75, 3.05) is 18.0 Å². The molecule has 0 aliphatic carbocycles. The maximum Gasteiger partial charge on any atom is 0.329 e. The number of aliphatic carboxylic acids is 1. The number of imide groups is 1. The first-order valence-corrected chi connectivity index (χ1v) is 6.34. The molecule has 1 saturated heterocycles. The maximum atomic E-state index is 13.7. The van der Waals surface area contributed by atoms with Crippen molar-refractivity contribution in [3.63, 3.8) is 0 Å². The van der Waals surface area contributed by atoms with Crippen LogP contribution in [0.4, 0.5) is 10.1 Å². The number of carboxylic acid groups (broad SMARTS) is 1. The maximum absolute atomic E-state index is 13.7. The van der Waals surface area contributed by atoms with Crippen LogP contribution in [0.15, 0.2) is 24.3 Å². The molecule has 0 spiro atoms. The Bertz CT molecular complexity index is 597. The minimum absolute atomic E-state index is 0.145. The van der Waals surface area contributed by atoms with Crippen LogP contribution in [0.3, 0.4) is 0 Å². The fourth-order valence-electron chi connectivity index (χ4n) is 2.26. The summed E-state index contributed by atoms with van der Waals surface area (Å²) in [5.41, 5.74) is -1.48. The Morgan fingerprint density at radius 3 is 2.19 bits per heavy atom. The molecule has 2 rings (SSSR count). The second-order valence-electron chi connectivity index (χ2n) is 5.29. The van der Waals surface area contributed by atoms with Crippen molar-refractivity contribution in [3.8, 4) is 0 Å². The monoisotopic (exact) mass is 294 g/mol. The first kappa shape index (κ1) is 15.0. The number of rotatable bonds is 3. The minimum atomic E-state index is -1.63. The van der Waals surface area contributed by atoms with E-state index >= 15 is 0 Å². The van der Waals surface area contributed by atoms with Gasteiger partial charge in [0.25, 0.3) is 0 Å². The van der Waals surface area contributed by atoms with Gasteiger partial charge in [-0.05, 0) is 26.0 Å². The lowest BCUT2D eigenvalue weighted by molar-refractivity contribution is -0.164. The molecule has 0 radical (unpaired) electrons. The third-order valence-corrected chi connectivity index (χ3v) is 3.43. The van der Waals surface area contributed by atoms with Gasteiger partial charge in [0, 0.05) is 0 Å². The highest BCUT2D eigenvalue weighted by atomic mass is 19.1. The van der Waals surface area contributed by atoms with Gasteiger partial charge in [-0.2, -0.15) is 0 Å². The molecule has 1 aromatic rings. The van der Waals surface area contributed by atoms with Crippen molar-refractivity contribution in [2.24, 2.45) is 0 Å². The number of piperazine rings is 1. The Balaban J connectivity index is 2.28. The molecule has 2 amide bonds. The summed E-state index contributed by atoms with van der Waals surface area (Å²) >= 11 is 0. The average molecular weight is 294 g/mol. The molecule has 7 heteroatoms. The van der Waals surface area contributed by atoms with Crippen LogP contribution in [0.5, 0.6) is 0 Å². The van der Waals surface area contributed by atoms with Crippen molar-refractivity contribution in [1.29, 1.82) is 0 Å². The first-order valence-electron chi connectivity index (χ1n) is 6.34. The number of amides is 2. The van der Waals surface area contributed by atoms with E-state index in [0.29, 0.717) is 0 Å². The van der Waals surface area contributed by atoms with Crippen LogP contribution in [0.2, 0.25) is 0 Å².